The molecule has 3 bridgehead atoms. The highest BCUT2D eigenvalue weighted by molar-refractivity contribution is 7.26. The molecule has 5 unspecified atom stereocenters. The van der Waals surface area contributed by atoms with Crippen LogP contribution in [-0.4, -0.2) is 0 Å². The van der Waals surface area contributed by atoms with Crippen LogP contribution in [0.5, 0.6) is 0 Å². The molecule has 8 aromatic rings. The van der Waals surface area contributed by atoms with Crippen LogP contribution in [0.2, 0.25) is 0 Å². The Morgan fingerprint density at radius 3 is 2.14 bits per heavy atom. The van der Waals surface area contributed by atoms with E-state index in [1.54, 1.807) is 5.56 Å². The fourth-order valence-corrected chi connectivity index (χ4v) is 14.8. The minimum atomic E-state index is -0.163. The van der Waals surface area contributed by atoms with E-state index in [0.29, 0.717) is 5.41 Å². The first-order chi connectivity index (χ1) is 28.4. The van der Waals surface area contributed by atoms with Gasteiger partial charge in [0.2, 0.25) is 0 Å². The van der Waals surface area contributed by atoms with Crippen molar-refractivity contribution in [2.45, 2.75) is 63.2 Å². The van der Waals surface area contributed by atoms with Crippen LogP contribution in [0.15, 0.2) is 158 Å². The van der Waals surface area contributed by atoms with Crippen LogP contribution in [0.3, 0.4) is 0 Å². The molecule has 1 spiro atoms. The van der Waals surface area contributed by atoms with Crippen molar-refractivity contribution >= 4 is 48.6 Å². The predicted octanol–water partition coefficient (Wildman–Crippen LogP) is 15.6. The Hall–Kier alpha value is -5.44. The fraction of sp³-hybridized carbons (Fsp3) is 0.250. The molecule has 5 aliphatic carbocycles. The molecule has 0 radical (unpaired) electrons. The predicted molar refractivity (Wildman–Crippen MR) is 245 cm³/mol. The maximum Gasteiger partial charge on any atom is 0.0640 e. The molecule has 1 nitrogen and oxygen atoms in total. The number of nitrogens with zero attached hydrogens (tertiary/aromatic N) is 1. The number of anilines is 3. The second kappa shape index (κ2) is 11.8. The maximum atomic E-state index is 2.53. The van der Waals surface area contributed by atoms with Crippen LogP contribution < -0.4 is 4.90 Å². The minimum Gasteiger partial charge on any atom is -0.308 e. The van der Waals surface area contributed by atoms with E-state index in [4.69, 9.17) is 0 Å². The van der Waals surface area contributed by atoms with Crippen LogP contribution in [0, 0.1) is 23.2 Å². The molecule has 1 aromatic heterocycles. The van der Waals surface area contributed by atoms with Gasteiger partial charge >= 0.3 is 0 Å². The van der Waals surface area contributed by atoms with Crippen molar-refractivity contribution in [2.75, 3.05) is 4.90 Å². The lowest BCUT2D eigenvalue weighted by Crippen LogP contribution is -2.42. The Labute approximate surface area is 346 Å². The Balaban J connectivity index is 0.904. The Morgan fingerprint density at radius 2 is 1.26 bits per heavy atom. The molecule has 0 saturated heterocycles. The second-order valence-electron chi connectivity index (χ2n) is 19.2. The van der Waals surface area contributed by atoms with E-state index in [1.807, 2.05) is 11.3 Å². The molecule has 5 aliphatic rings. The molecule has 58 heavy (non-hydrogen) atoms. The van der Waals surface area contributed by atoms with Crippen LogP contribution in [0.25, 0.3) is 53.6 Å². The Bertz CT molecular complexity index is 2970. The van der Waals surface area contributed by atoms with Gasteiger partial charge in [-0.25, -0.2) is 0 Å². The van der Waals surface area contributed by atoms with E-state index in [-0.39, 0.29) is 5.41 Å². The molecule has 5 atom stereocenters. The molecule has 0 aliphatic heterocycles. The van der Waals surface area contributed by atoms with Gasteiger partial charge in [-0.05, 0) is 148 Å². The van der Waals surface area contributed by atoms with Crippen LogP contribution in [0.1, 0.15) is 69.1 Å². The largest absolute Gasteiger partial charge is 0.308 e. The van der Waals surface area contributed by atoms with E-state index in [9.17, 15) is 0 Å². The summed E-state index contributed by atoms with van der Waals surface area (Å²) in [5.41, 5.74) is 16.8. The third-order valence-electron chi connectivity index (χ3n) is 16.1. The van der Waals surface area contributed by atoms with E-state index in [2.05, 4.69) is 176 Å². The summed E-state index contributed by atoms with van der Waals surface area (Å²) in [4.78, 5) is 2.53. The highest BCUT2D eigenvalue weighted by atomic mass is 32.1. The summed E-state index contributed by atoms with van der Waals surface area (Å²) in [5.74, 6) is 3.02. The third-order valence-corrected chi connectivity index (χ3v) is 17.3. The van der Waals surface area contributed by atoms with Gasteiger partial charge in [0.1, 0.15) is 0 Å². The first-order valence-corrected chi connectivity index (χ1v) is 22.5. The van der Waals surface area contributed by atoms with E-state index >= 15 is 0 Å². The molecule has 0 N–H and O–H groups in total. The molecule has 2 heteroatoms. The van der Waals surface area contributed by atoms with Crippen molar-refractivity contribution in [3.63, 3.8) is 0 Å². The van der Waals surface area contributed by atoms with E-state index in [0.717, 1.165) is 23.2 Å². The van der Waals surface area contributed by atoms with Gasteiger partial charge in [-0.1, -0.05) is 135 Å². The molecule has 1 heterocycles. The molecular formula is C56H47NS. The summed E-state index contributed by atoms with van der Waals surface area (Å²) in [5, 5.41) is 2.63. The molecular weight excluding hydrogens is 719 g/mol. The Morgan fingerprint density at radius 1 is 0.534 bits per heavy atom. The normalized spacial score (nSPS) is 25.4. The fourth-order valence-electron chi connectivity index (χ4n) is 13.6. The minimum absolute atomic E-state index is 0.163. The standard InChI is InChI=1S/C56H47NS/c1-54(2)48-28-38(36-19-22-39(23-20-36)55-31-35-27-40-29-41(33-55)56(40,32-35)34-55)21-25-44(48)45-26-24-42(30-49(45)54)57(50-16-8-6-13-43(50)37-11-4-3-5-12-37)51-17-10-15-47-46-14-7-9-18-52(46)58-53(47)51/h3-26,28,30,35,40-41H,27,29,31-34H2,1-2H3. The van der Waals surface area contributed by atoms with E-state index < -0.39 is 0 Å². The molecule has 0 amide bonds. The SMILES string of the molecule is CC1(C)c2cc(-c3ccc(C45CC6CC7CC(C4)C7(C6)C5)cc3)ccc2-c2ccc(N(c3ccccc3-c3ccccc3)c3cccc4c3sc3ccccc34)cc21. The topological polar surface area (TPSA) is 3.24 Å². The average molecular weight is 766 g/mol. The maximum absolute atomic E-state index is 2.53. The number of fused-ring (bicyclic) bond motifs is 8. The van der Waals surface area contributed by atoms with Gasteiger partial charge in [0.25, 0.3) is 0 Å². The van der Waals surface area contributed by atoms with Crippen molar-refractivity contribution in [3.8, 4) is 33.4 Å². The number of thiophene rings is 1. The lowest BCUT2D eigenvalue weighted by Gasteiger charge is -2.49. The van der Waals surface area contributed by atoms with Crippen molar-refractivity contribution < 1.29 is 0 Å². The average Bonchev–Trinajstić information content (AvgIpc) is 3.88. The van der Waals surface area contributed by atoms with Crippen molar-refractivity contribution in [2.24, 2.45) is 23.2 Å². The summed E-state index contributed by atoms with van der Waals surface area (Å²) in [7, 11) is 0. The molecule has 282 valence electrons. The Kier molecular flexibility index (Phi) is 6.84. The number of para-hydroxylation sites is 1. The number of hydrogen-bond acceptors (Lipinski definition) is 2. The highest BCUT2D eigenvalue weighted by Crippen LogP contribution is 2.79. The van der Waals surface area contributed by atoms with Crippen molar-refractivity contribution in [3.05, 3.63) is 174 Å². The first kappa shape index (κ1) is 33.5. The second-order valence-corrected chi connectivity index (χ2v) is 20.2. The highest BCUT2D eigenvalue weighted by Gasteiger charge is 2.70. The lowest BCUT2D eigenvalue weighted by molar-refractivity contribution is -0.000160. The van der Waals surface area contributed by atoms with Gasteiger partial charge in [0, 0.05) is 32.1 Å². The third kappa shape index (κ3) is 4.53. The van der Waals surface area contributed by atoms with Gasteiger partial charge in [0.05, 0.1) is 16.1 Å². The number of hydrogen-bond donors (Lipinski definition) is 0. The summed E-state index contributed by atoms with van der Waals surface area (Å²) in [6, 6.07) is 59.9. The van der Waals surface area contributed by atoms with Crippen LogP contribution in [0.4, 0.5) is 17.1 Å². The van der Waals surface area contributed by atoms with Gasteiger partial charge in [-0.15, -0.1) is 11.3 Å². The van der Waals surface area contributed by atoms with Gasteiger partial charge in [0.15, 0.2) is 0 Å². The van der Waals surface area contributed by atoms with Crippen molar-refractivity contribution in [1.82, 2.24) is 0 Å². The first-order valence-electron chi connectivity index (χ1n) is 21.6. The summed E-state index contributed by atoms with van der Waals surface area (Å²) < 4.78 is 2.63. The summed E-state index contributed by atoms with van der Waals surface area (Å²) in [6.07, 6.45) is 8.92. The van der Waals surface area contributed by atoms with Gasteiger partial charge in [-0.2, -0.15) is 0 Å². The smallest absolute Gasteiger partial charge is 0.0640 e. The number of rotatable bonds is 6. The van der Waals surface area contributed by atoms with Gasteiger partial charge < -0.3 is 4.90 Å². The summed E-state index contributed by atoms with van der Waals surface area (Å²) in [6.45, 7) is 4.86. The molecule has 13 rings (SSSR count). The van der Waals surface area contributed by atoms with Gasteiger partial charge in [-0.3, -0.25) is 0 Å². The monoisotopic (exact) mass is 765 g/mol. The van der Waals surface area contributed by atoms with E-state index in [1.165, 1.54) is 120 Å². The number of benzene rings is 7. The zero-order chi connectivity index (χ0) is 38.4. The summed E-state index contributed by atoms with van der Waals surface area (Å²) >= 11 is 1.90. The molecule has 4 saturated carbocycles. The van der Waals surface area contributed by atoms with Crippen LogP contribution >= 0.6 is 11.3 Å². The lowest BCUT2D eigenvalue weighted by atomic mass is 9.55. The zero-order valence-electron chi connectivity index (χ0n) is 33.3. The molecule has 7 aromatic carbocycles. The quantitative estimate of drug-likeness (QED) is 0.163. The van der Waals surface area contributed by atoms with Crippen LogP contribution in [-0.2, 0) is 10.8 Å². The van der Waals surface area contributed by atoms with Crippen molar-refractivity contribution in [1.29, 1.82) is 0 Å². The molecule has 4 fully saturated rings. The zero-order valence-corrected chi connectivity index (χ0v) is 34.2.